The van der Waals surface area contributed by atoms with Gasteiger partial charge in [0, 0.05) is 33.1 Å². The third-order valence-corrected chi connectivity index (χ3v) is 5.08. The minimum absolute atomic E-state index is 0.110. The van der Waals surface area contributed by atoms with Crippen molar-refractivity contribution < 1.29 is 14.3 Å². The van der Waals surface area contributed by atoms with Gasteiger partial charge in [0.05, 0.1) is 19.1 Å². The normalized spacial score (nSPS) is 20.4. The summed E-state index contributed by atoms with van der Waals surface area (Å²) in [7, 11) is 7.47. The number of nitrogens with zero attached hydrogens (tertiary/aromatic N) is 3. The number of hydrogen-bond acceptors (Lipinski definition) is 4. The molecule has 144 valence electrons. The lowest BCUT2D eigenvalue weighted by molar-refractivity contribution is -0.147. The monoisotopic (exact) mass is 361 g/mol. The fraction of sp³-hybridized carbons (Fsp3) is 0.600. The van der Waals surface area contributed by atoms with Gasteiger partial charge in [0.15, 0.2) is 0 Å². The standard InChI is InChI=1S/C20H31N3O3/c1-6-23-18(24)12-11-17(20(25)22(4)14-13-21(2)3)19(23)15-7-9-16(26-5)10-8-15/h7-10,17,19H,6,11-14H2,1-5H3/t17-,19+/m1/s1. The van der Waals surface area contributed by atoms with Gasteiger partial charge in [0.1, 0.15) is 5.75 Å². The molecule has 1 aliphatic rings. The maximum Gasteiger partial charge on any atom is 0.227 e. The molecule has 0 aromatic heterocycles. The van der Waals surface area contributed by atoms with Crippen LogP contribution >= 0.6 is 0 Å². The highest BCUT2D eigenvalue weighted by Crippen LogP contribution is 2.38. The van der Waals surface area contributed by atoms with Crippen LogP contribution in [-0.4, -0.2) is 74.4 Å². The molecular formula is C20H31N3O3. The van der Waals surface area contributed by atoms with E-state index in [0.29, 0.717) is 25.9 Å². The zero-order valence-electron chi connectivity index (χ0n) is 16.6. The van der Waals surface area contributed by atoms with Gasteiger partial charge in [-0.05, 0) is 45.1 Å². The lowest BCUT2D eigenvalue weighted by Crippen LogP contribution is -2.49. The first-order valence-electron chi connectivity index (χ1n) is 9.22. The van der Waals surface area contributed by atoms with Crippen molar-refractivity contribution in [1.82, 2.24) is 14.7 Å². The number of rotatable bonds is 7. The summed E-state index contributed by atoms with van der Waals surface area (Å²) >= 11 is 0. The maximum atomic E-state index is 13.1. The number of benzene rings is 1. The number of amides is 2. The molecule has 1 heterocycles. The number of carbonyl (C=O) groups is 2. The summed E-state index contributed by atoms with van der Waals surface area (Å²) in [6.45, 7) is 4.06. The SMILES string of the molecule is CCN1C(=O)CC[C@@H](C(=O)N(C)CCN(C)C)[C@@H]1c1ccc(OC)cc1. The molecule has 6 heteroatoms. The van der Waals surface area contributed by atoms with E-state index in [1.54, 1.807) is 12.0 Å². The van der Waals surface area contributed by atoms with Crippen LogP contribution in [0.1, 0.15) is 31.4 Å². The van der Waals surface area contributed by atoms with Crippen molar-refractivity contribution in [3.63, 3.8) is 0 Å². The molecule has 0 N–H and O–H groups in total. The van der Waals surface area contributed by atoms with E-state index in [9.17, 15) is 9.59 Å². The van der Waals surface area contributed by atoms with Crippen molar-refractivity contribution in [3.8, 4) is 5.75 Å². The van der Waals surface area contributed by atoms with E-state index in [-0.39, 0.29) is 23.8 Å². The largest absolute Gasteiger partial charge is 0.497 e. The van der Waals surface area contributed by atoms with Crippen LogP contribution in [0.3, 0.4) is 0 Å². The summed E-state index contributed by atoms with van der Waals surface area (Å²) in [4.78, 5) is 31.3. The number of likely N-dealkylation sites (N-methyl/N-ethyl adjacent to an activating group) is 2. The summed E-state index contributed by atoms with van der Waals surface area (Å²) in [5.41, 5.74) is 0.986. The molecule has 1 fully saturated rings. The van der Waals surface area contributed by atoms with Crippen molar-refractivity contribution in [1.29, 1.82) is 0 Å². The Morgan fingerprint density at radius 2 is 1.85 bits per heavy atom. The van der Waals surface area contributed by atoms with Gasteiger partial charge in [-0.3, -0.25) is 9.59 Å². The number of ether oxygens (including phenoxy) is 1. The van der Waals surface area contributed by atoms with Crippen LogP contribution in [0.25, 0.3) is 0 Å². The Hall–Kier alpha value is -2.08. The second-order valence-electron chi connectivity index (χ2n) is 7.11. The quantitative estimate of drug-likeness (QED) is 0.746. The Bertz CT molecular complexity index is 615. The maximum absolute atomic E-state index is 13.1. The van der Waals surface area contributed by atoms with Crippen molar-refractivity contribution in [2.75, 3.05) is 47.9 Å². The molecule has 1 saturated heterocycles. The summed E-state index contributed by atoms with van der Waals surface area (Å²) < 4.78 is 5.24. The molecule has 2 rings (SSSR count). The first kappa shape index (κ1) is 20.2. The van der Waals surface area contributed by atoms with Crippen LogP contribution in [0.2, 0.25) is 0 Å². The number of methoxy groups -OCH3 is 1. The van der Waals surface area contributed by atoms with Gasteiger partial charge in [-0.15, -0.1) is 0 Å². The summed E-state index contributed by atoms with van der Waals surface area (Å²) in [5.74, 6) is 0.782. The van der Waals surface area contributed by atoms with Gasteiger partial charge < -0.3 is 19.4 Å². The average molecular weight is 361 g/mol. The highest BCUT2D eigenvalue weighted by molar-refractivity contribution is 5.85. The fourth-order valence-electron chi connectivity index (χ4n) is 3.54. The Morgan fingerprint density at radius 3 is 2.38 bits per heavy atom. The molecule has 1 aromatic carbocycles. The molecule has 26 heavy (non-hydrogen) atoms. The van der Waals surface area contributed by atoms with E-state index in [4.69, 9.17) is 4.74 Å². The van der Waals surface area contributed by atoms with E-state index < -0.39 is 0 Å². The number of likely N-dealkylation sites (tertiary alicyclic amines) is 1. The van der Waals surface area contributed by atoms with Gasteiger partial charge in [-0.2, -0.15) is 0 Å². The van der Waals surface area contributed by atoms with Crippen LogP contribution in [0, 0.1) is 5.92 Å². The number of hydrogen-bond donors (Lipinski definition) is 0. The molecule has 0 bridgehead atoms. The lowest BCUT2D eigenvalue weighted by Gasteiger charge is -2.41. The Labute approximate surface area is 156 Å². The van der Waals surface area contributed by atoms with Crippen LogP contribution in [0.5, 0.6) is 5.75 Å². The third-order valence-electron chi connectivity index (χ3n) is 5.08. The Kier molecular flexibility index (Phi) is 7.03. The lowest BCUT2D eigenvalue weighted by atomic mass is 9.83. The molecule has 2 amide bonds. The molecule has 1 aliphatic heterocycles. The Morgan fingerprint density at radius 1 is 1.19 bits per heavy atom. The summed E-state index contributed by atoms with van der Waals surface area (Å²) in [6, 6.07) is 7.48. The number of carbonyl (C=O) groups excluding carboxylic acids is 2. The predicted molar refractivity (Wildman–Crippen MR) is 102 cm³/mol. The fourth-order valence-corrected chi connectivity index (χ4v) is 3.54. The first-order valence-corrected chi connectivity index (χ1v) is 9.22. The molecule has 0 spiro atoms. The molecule has 6 nitrogen and oxygen atoms in total. The second kappa shape index (κ2) is 9.03. The van der Waals surface area contributed by atoms with Crippen LogP contribution in [-0.2, 0) is 9.59 Å². The minimum Gasteiger partial charge on any atom is -0.497 e. The van der Waals surface area contributed by atoms with Gasteiger partial charge in [-0.1, -0.05) is 12.1 Å². The number of piperidine rings is 1. The molecule has 0 saturated carbocycles. The van der Waals surface area contributed by atoms with E-state index in [1.807, 2.05) is 57.2 Å². The van der Waals surface area contributed by atoms with Crippen LogP contribution in [0.4, 0.5) is 0 Å². The Balaban J connectivity index is 2.28. The van der Waals surface area contributed by atoms with Crippen LogP contribution in [0.15, 0.2) is 24.3 Å². The summed E-state index contributed by atoms with van der Waals surface area (Å²) in [6.07, 6.45) is 1.02. The highest BCUT2D eigenvalue weighted by Gasteiger charge is 2.40. The minimum atomic E-state index is -0.221. The first-order chi connectivity index (χ1) is 12.4. The van der Waals surface area contributed by atoms with Gasteiger partial charge in [0.25, 0.3) is 0 Å². The van der Waals surface area contributed by atoms with Crippen molar-refractivity contribution >= 4 is 11.8 Å². The van der Waals surface area contributed by atoms with Crippen molar-refractivity contribution in [2.24, 2.45) is 5.92 Å². The summed E-state index contributed by atoms with van der Waals surface area (Å²) in [5, 5.41) is 0. The molecule has 1 aromatic rings. The highest BCUT2D eigenvalue weighted by atomic mass is 16.5. The topological polar surface area (TPSA) is 53.1 Å². The third kappa shape index (κ3) is 4.55. The van der Waals surface area contributed by atoms with Gasteiger partial charge >= 0.3 is 0 Å². The van der Waals surface area contributed by atoms with E-state index in [1.165, 1.54) is 0 Å². The zero-order valence-corrected chi connectivity index (χ0v) is 16.6. The molecule has 0 aliphatic carbocycles. The van der Waals surface area contributed by atoms with E-state index in [0.717, 1.165) is 17.9 Å². The van der Waals surface area contributed by atoms with E-state index >= 15 is 0 Å². The molecular weight excluding hydrogens is 330 g/mol. The van der Waals surface area contributed by atoms with E-state index in [2.05, 4.69) is 4.90 Å². The zero-order chi connectivity index (χ0) is 19.3. The van der Waals surface area contributed by atoms with Gasteiger partial charge in [0.2, 0.25) is 11.8 Å². The van der Waals surface area contributed by atoms with Crippen molar-refractivity contribution in [2.45, 2.75) is 25.8 Å². The molecule has 0 unspecified atom stereocenters. The smallest absolute Gasteiger partial charge is 0.227 e. The predicted octanol–water partition coefficient (Wildman–Crippen LogP) is 2.01. The molecule has 0 radical (unpaired) electrons. The van der Waals surface area contributed by atoms with Crippen molar-refractivity contribution in [3.05, 3.63) is 29.8 Å². The second-order valence-corrected chi connectivity index (χ2v) is 7.11. The molecule has 2 atom stereocenters. The van der Waals surface area contributed by atoms with Gasteiger partial charge in [-0.25, -0.2) is 0 Å². The van der Waals surface area contributed by atoms with Crippen LogP contribution < -0.4 is 4.74 Å². The average Bonchev–Trinajstić information content (AvgIpc) is 2.65.